The summed E-state index contributed by atoms with van der Waals surface area (Å²) in [6, 6.07) is 17.1. The maximum atomic E-state index is 12.8. The molecule has 3 aromatic rings. The third kappa shape index (κ3) is 5.20. The Morgan fingerprint density at radius 2 is 1.64 bits per heavy atom. The zero-order chi connectivity index (χ0) is 24.4. The molecule has 0 amide bonds. The van der Waals surface area contributed by atoms with Gasteiger partial charge < -0.3 is 14.3 Å². The van der Waals surface area contributed by atoms with Crippen LogP contribution in [-0.4, -0.2) is 43.3 Å². The summed E-state index contributed by atoms with van der Waals surface area (Å²) >= 11 is 0. The third-order valence-electron chi connectivity index (χ3n) is 6.59. The summed E-state index contributed by atoms with van der Waals surface area (Å²) in [4.78, 5) is 25.1. The molecule has 3 rings (SSSR count). The van der Waals surface area contributed by atoms with Crippen LogP contribution in [0.5, 0.6) is 0 Å². The lowest BCUT2D eigenvalue weighted by molar-refractivity contribution is -0.149. The standard InChI is InChI=1S/C26H33NO5Si/c1-26(2,3)33(5,6)32-23(24(28)31-4)17-20-19-14-10-11-15-21(19)27(25(29)30)22(20)16-18-12-8-7-9-13-18/h7-15,23H,16-17H2,1-6H3,(H,29,30). The van der Waals surface area contributed by atoms with Crippen molar-refractivity contribution in [1.82, 2.24) is 4.57 Å². The maximum absolute atomic E-state index is 12.8. The molecule has 1 N–H and O–H groups in total. The Kier molecular flexibility index (Phi) is 7.14. The van der Waals surface area contributed by atoms with Crippen LogP contribution in [0.3, 0.4) is 0 Å². The zero-order valence-corrected chi connectivity index (χ0v) is 21.2. The Labute approximate surface area is 196 Å². The molecule has 0 aliphatic heterocycles. The van der Waals surface area contributed by atoms with Gasteiger partial charge in [0.2, 0.25) is 0 Å². The minimum absolute atomic E-state index is 0.0960. The van der Waals surface area contributed by atoms with Crippen molar-refractivity contribution in [2.75, 3.05) is 7.11 Å². The van der Waals surface area contributed by atoms with E-state index in [2.05, 4.69) is 33.9 Å². The number of carbonyl (C=O) groups is 2. The van der Waals surface area contributed by atoms with Gasteiger partial charge in [-0.05, 0) is 35.3 Å². The van der Waals surface area contributed by atoms with Gasteiger partial charge in [-0.2, -0.15) is 0 Å². The smallest absolute Gasteiger partial charge is 0.416 e. The Balaban J connectivity index is 2.16. The summed E-state index contributed by atoms with van der Waals surface area (Å²) in [6.45, 7) is 10.5. The van der Waals surface area contributed by atoms with Gasteiger partial charge in [0.25, 0.3) is 0 Å². The molecule has 1 unspecified atom stereocenters. The van der Waals surface area contributed by atoms with Gasteiger partial charge in [-0.15, -0.1) is 0 Å². The number of nitrogens with zero attached hydrogens (tertiary/aromatic N) is 1. The van der Waals surface area contributed by atoms with Crippen LogP contribution in [0, 0.1) is 0 Å². The van der Waals surface area contributed by atoms with Gasteiger partial charge in [0.15, 0.2) is 8.32 Å². The minimum Gasteiger partial charge on any atom is -0.467 e. The van der Waals surface area contributed by atoms with Crippen LogP contribution in [0.15, 0.2) is 54.6 Å². The van der Waals surface area contributed by atoms with Crippen LogP contribution in [-0.2, 0) is 26.8 Å². The number of esters is 1. The van der Waals surface area contributed by atoms with Crippen molar-refractivity contribution in [2.24, 2.45) is 0 Å². The zero-order valence-electron chi connectivity index (χ0n) is 20.2. The predicted octanol–water partition coefficient (Wildman–Crippen LogP) is 5.86. The Morgan fingerprint density at radius 3 is 2.21 bits per heavy atom. The van der Waals surface area contributed by atoms with Crippen molar-refractivity contribution in [3.05, 3.63) is 71.4 Å². The molecule has 0 radical (unpaired) electrons. The molecule has 0 saturated heterocycles. The normalized spacial score (nSPS) is 13.2. The molecule has 0 aliphatic rings. The number of hydrogen-bond acceptors (Lipinski definition) is 4. The summed E-state index contributed by atoms with van der Waals surface area (Å²) in [5.41, 5.74) is 3.03. The second kappa shape index (κ2) is 9.53. The molecule has 176 valence electrons. The van der Waals surface area contributed by atoms with Gasteiger partial charge >= 0.3 is 12.1 Å². The highest BCUT2D eigenvalue weighted by molar-refractivity contribution is 6.74. The fourth-order valence-corrected chi connectivity index (χ4v) is 5.05. The van der Waals surface area contributed by atoms with Gasteiger partial charge in [-0.3, -0.25) is 0 Å². The second-order valence-electron chi connectivity index (χ2n) is 9.82. The van der Waals surface area contributed by atoms with E-state index in [0.29, 0.717) is 17.6 Å². The topological polar surface area (TPSA) is 77.8 Å². The third-order valence-corrected chi connectivity index (χ3v) is 11.1. The molecule has 0 aliphatic carbocycles. The van der Waals surface area contributed by atoms with Crippen molar-refractivity contribution in [1.29, 1.82) is 0 Å². The van der Waals surface area contributed by atoms with Gasteiger partial charge in [-0.1, -0.05) is 69.3 Å². The molecule has 2 aromatic carbocycles. The van der Waals surface area contributed by atoms with Gasteiger partial charge in [0.1, 0.15) is 6.10 Å². The van der Waals surface area contributed by atoms with E-state index >= 15 is 0 Å². The largest absolute Gasteiger partial charge is 0.467 e. The summed E-state index contributed by atoms with van der Waals surface area (Å²) < 4.78 is 12.9. The number of ether oxygens (including phenoxy) is 1. The number of carbonyl (C=O) groups excluding carboxylic acids is 1. The first-order chi connectivity index (χ1) is 15.5. The number of carboxylic acid groups (broad SMARTS) is 1. The average molecular weight is 468 g/mol. The van der Waals surface area contributed by atoms with Crippen LogP contribution in [0.2, 0.25) is 18.1 Å². The lowest BCUT2D eigenvalue weighted by Crippen LogP contribution is -2.47. The van der Waals surface area contributed by atoms with E-state index in [1.807, 2.05) is 48.5 Å². The van der Waals surface area contributed by atoms with Crippen LogP contribution in [0.1, 0.15) is 37.6 Å². The molecule has 0 spiro atoms. The first-order valence-electron chi connectivity index (χ1n) is 11.1. The highest BCUT2D eigenvalue weighted by Crippen LogP contribution is 2.38. The van der Waals surface area contributed by atoms with Crippen molar-refractivity contribution < 1.29 is 23.9 Å². The van der Waals surface area contributed by atoms with E-state index in [0.717, 1.165) is 16.5 Å². The highest BCUT2D eigenvalue weighted by atomic mass is 28.4. The monoisotopic (exact) mass is 467 g/mol. The van der Waals surface area contributed by atoms with Gasteiger partial charge in [0.05, 0.1) is 12.6 Å². The van der Waals surface area contributed by atoms with Gasteiger partial charge in [-0.25, -0.2) is 14.2 Å². The van der Waals surface area contributed by atoms with Crippen molar-refractivity contribution in [3.8, 4) is 0 Å². The summed E-state index contributed by atoms with van der Waals surface area (Å²) in [5, 5.41) is 10.8. The fourth-order valence-electron chi connectivity index (χ4n) is 3.80. The minimum atomic E-state index is -2.30. The molecule has 33 heavy (non-hydrogen) atoms. The van der Waals surface area contributed by atoms with Crippen LogP contribution >= 0.6 is 0 Å². The molecule has 0 fully saturated rings. The summed E-state index contributed by atoms with van der Waals surface area (Å²) in [6.07, 6.45) is -1.21. The predicted molar refractivity (Wildman–Crippen MR) is 132 cm³/mol. The number of fused-ring (bicyclic) bond motifs is 1. The van der Waals surface area contributed by atoms with Crippen LogP contribution in [0.25, 0.3) is 10.9 Å². The molecule has 1 atom stereocenters. The van der Waals surface area contributed by atoms with E-state index in [9.17, 15) is 14.7 Å². The molecule has 6 nitrogen and oxygen atoms in total. The summed E-state index contributed by atoms with van der Waals surface area (Å²) in [7, 11) is -0.942. The maximum Gasteiger partial charge on any atom is 0.416 e. The molecule has 1 aromatic heterocycles. The fraction of sp³-hybridized carbons (Fsp3) is 0.385. The molecular formula is C26H33NO5Si. The first kappa shape index (κ1) is 24.7. The first-order valence-corrected chi connectivity index (χ1v) is 14.0. The van der Waals surface area contributed by atoms with E-state index in [-0.39, 0.29) is 11.5 Å². The molecule has 0 bridgehead atoms. The molecule has 1 heterocycles. The lowest BCUT2D eigenvalue weighted by Gasteiger charge is -2.38. The van der Waals surface area contributed by atoms with Crippen molar-refractivity contribution in [3.63, 3.8) is 0 Å². The highest BCUT2D eigenvalue weighted by Gasteiger charge is 2.41. The SMILES string of the molecule is COC(=O)C(Cc1c(Cc2ccccc2)n(C(=O)O)c2ccccc12)O[Si](C)(C)C(C)(C)C. The van der Waals surface area contributed by atoms with E-state index in [4.69, 9.17) is 9.16 Å². The Morgan fingerprint density at radius 1 is 1.03 bits per heavy atom. The van der Waals surface area contributed by atoms with Crippen molar-refractivity contribution >= 4 is 31.3 Å². The molecule has 7 heteroatoms. The van der Waals surface area contributed by atoms with Crippen molar-refractivity contribution in [2.45, 2.75) is 57.8 Å². The molecular weight excluding hydrogens is 434 g/mol. The van der Waals surface area contributed by atoms with E-state index in [1.165, 1.54) is 11.7 Å². The quantitative estimate of drug-likeness (QED) is 0.348. The number of hydrogen-bond donors (Lipinski definition) is 1. The Hall–Kier alpha value is -2.90. The number of para-hydroxylation sites is 1. The molecule has 0 saturated carbocycles. The van der Waals surface area contributed by atoms with Crippen LogP contribution in [0.4, 0.5) is 4.79 Å². The number of aromatic nitrogens is 1. The average Bonchev–Trinajstić information content (AvgIpc) is 3.05. The lowest BCUT2D eigenvalue weighted by atomic mass is 10.00. The second-order valence-corrected chi connectivity index (χ2v) is 14.6. The number of methoxy groups -OCH3 is 1. The van der Waals surface area contributed by atoms with Crippen LogP contribution < -0.4 is 0 Å². The van der Waals surface area contributed by atoms with E-state index < -0.39 is 26.5 Å². The van der Waals surface area contributed by atoms with Gasteiger partial charge in [0, 0.05) is 23.9 Å². The number of rotatable bonds is 7. The van der Waals surface area contributed by atoms with E-state index in [1.54, 1.807) is 6.07 Å². The Bertz CT molecular complexity index is 1140. The summed E-state index contributed by atoms with van der Waals surface area (Å²) in [5.74, 6) is -0.447. The number of benzene rings is 2.